The summed E-state index contributed by atoms with van der Waals surface area (Å²) in [6.45, 7) is 4.83. The summed E-state index contributed by atoms with van der Waals surface area (Å²) in [5.74, 6) is 1.67. The number of fused-ring (bicyclic) bond motifs is 1. The van der Waals surface area contributed by atoms with Gasteiger partial charge in [0.15, 0.2) is 17.6 Å². The van der Waals surface area contributed by atoms with E-state index in [0.717, 1.165) is 12.0 Å². The Kier molecular flexibility index (Phi) is 4.68. The molecule has 0 bridgehead atoms. The molecule has 110 valence electrons. The minimum atomic E-state index is -0.591. The maximum absolute atomic E-state index is 11.8. The SMILES string of the molecule is CCCNC(=O)C(C)Oc1cc2c(cc1CN)OCO2. The Morgan fingerprint density at radius 2 is 2.15 bits per heavy atom. The zero-order chi connectivity index (χ0) is 14.5. The third-order valence-corrected chi connectivity index (χ3v) is 3.00. The van der Waals surface area contributed by atoms with Gasteiger partial charge in [-0.2, -0.15) is 0 Å². The van der Waals surface area contributed by atoms with Crippen molar-refractivity contribution in [2.24, 2.45) is 5.73 Å². The van der Waals surface area contributed by atoms with Crippen molar-refractivity contribution in [2.75, 3.05) is 13.3 Å². The van der Waals surface area contributed by atoms with Crippen molar-refractivity contribution in [1.82, 2.24) is 5.32 Å². The largest absolute Gasteiger partial charge is 0.480 e. The third-order valence-electron chi connectivity index (χ3n) is 3.00. The maximum Gasteiger partial charge on any atom is 0.260 e. The summed E-state index contributed by atoms with van der Waals surface area (Å²) in [6.07, 6.45) is 0.295. The topological polar surface area (TPSA) is 82.8 Å². The molecule has 1 aromatic carbocycles. The minimum Gasteiger partial charge on any atom is -0.480 e. The van der Waals surface area contributed by atoms with Gasteiger partial charge in [0.05, 0.1) is 0 Å². The van der Waals surface area contributed by atoms with E-state index in [0.29, 0.717) is 30.3 Å². The third kappa shape index (κ3) is 3.14. The molecule has 0 spiro atoms. The predicted molar refractivity (Wildman–Crippen MR) is 73.8 cm³/mol. The Balaban J connectivity index is 2.10. The van der Waals surface area contributed by atoms with Crippen LogP contribution >= 0.6 is 0 Å². The number of ether oxygens (including phenoxy) is 3. The number of benzene rings is 1. The van der Waals surface area contributed by atoms with Crippen LogP contribution < -0.4 is 25.3 Å². The number of carbonyl (C=O) groups excluding carboxylic acids is 1. The lowest BCUT2D eigenvalue weighted by atomic mass is 10.1. The molecule has 2 rings (SSSR count). The molecule has 0 aromatic heterocycles. The van der Waals surface area contributed by atoms with E-state index < -0.39 is 6.10 Å². The molecule has 0 radical (unpaired) electrons. The van der Waals surface area contributed by atoms with Crippen LogP contribution in [0.15, 0.2) is 12.1 Å². The molecule has 1 aliphatic heterocycles. The Labute approximate surface area is 118 Å². The highest BCUT2D eigenvalue weighted by atomic mass is 16.7. The molecule has 0 fully saturated rings. The molecular formula is C14H20N2O4. The summed E-state index contributed by atoms with van der Waals surface area (Å²) in [5.41, 5.74) is 6.48. The molecule has 1 heterocycles. The molecule has 1 aliphatic rings. The summed E-state index contributed by atoms with van der Waals surface area (Å²) in [6, 6.07) is 3.50. The van der Waals surface area contributed by atoms with E-state index in [1.807, 2.05) is 6.92 Å². The van der Waals surface area contributed by atoms with Crippen LogP contribution in [0.25, 0.3) is 0 Å². The Morgan fingerprint density at radius 3 is 2.80 bits per heavy atom. The summed E-state index contributed by atoms with van der Waals surface area (Å²) >= 11 is 0. The number of hydrogen-bond donors (Lipinski definition) is 2. The number of carbonyl (C=O) groups is 1. The fourth-order valence-electron chi connectivity index (χ4n) is 1.87. The second-order valence-corrected chi connectivity index (χ2v) is 4.57. The van der Waals surface area contributed by atoms with Gasteiger partial charge in [0.25, 0.3) is 5.91 Å². The second-order valence-electron chi connectivity index (χ2n) is 4.57. The van der Waals surface area contributed by atoms with Crippen LogP contribution in [-0.4, -0.2) is 25.3 Å². The van der Waals surface area contributed by atoms with Crippen molar-refractivity contribution >= 4 is 5.91 Å². The molecule has 0 saturated carbocycles. The highest BCUT2D eigenvalue weighted by Crippen LogP contribution is 2.38. The fraction of sp³-hybridized carbons (Fsp3) is 0.500. The molecule has 0 aliphatic carbocycles. The van der Waals surface area contributed by atoms with Crippen molar-refractivity contribution < 1.29 is 19.0 Å². The molecule has 0 saturated heterocycles. The molecular weight excluding hydrogens is 260 g/mol. The molecule has 1 unspecified atom stereocenters. The van der Waals surface area contributed by atoms with Crippen molar-refractivity contribution in [1.29, 1.82) is 0 Å². The molecule has 1 atom stereocenters. The van der Waals surface area contributed by atoms with Crippen molar-refractivity contribution in [3.05, 3.63) is 17.7 Å². The van der Waals surface area contributed by atoms with E-state index in [1.165, 1.54) is 0 Å². The molecule has 1 aromatic rings. The van der Waals surface area contributed by atoms with Crippen molar-refractivity contribution in [3.63, 3.8) is 0 Å². The van der Waals surface area contributed by atoms with Gasteiger partial charge < -0.3 is 25.3 Å². The van der Waals surface area contributed by atoms with Gasteiger partial charge in [-0.3, -0.25) is 4.79 Å². The monoisotopic (exact) mass is 280 g/mol. The molecule has 1 amide bonds. The minimum absolute atomic E-state index is 0.146. The van der Waals surface area contributed by atoms with Gasteiger partial charge in [0.1, 0.15) is 5.75 Å². The highest BCUT2D eigenvalue weighted by molar-refractivity contribution is 5.80. The first kappa shape index (κ1) is 14.5. The lowest BCUT2D eigenvalue weighted by molar-refractivity contribution is -0.127. The quantitative estimate of drug-likeness (QED) is 0.817. The van der Waals surface area contributed by atoms with E-state index in [-0.39, 0.29) is 12.7 Å². The Morgan fingerprint density at radius 1 is 1.45 bits per heavy atom. The van der Waals surface area contributed by atoms with Gasteiger partial charge in [-0.1, -0.05) is 6.92 Å². The van der Waals surface area contributed by atoms with Gasteiger partial charge in [0, 0.05) is 24.7 Å². The zero-order valence-corrected chi connectivity index (χ0v) is 11.8. The summed E-state index contributed by atoms with van der Waals surface area (Å²) in [5, 5.41) is 2.79. The van der Waals surface area contributed by atoms with Crippen LogP contribution in [0.1, 0.15) is 25.8 Å². The van der Waals surface area contributed by atoms with Crippen LogP contribution in [-0.2, 0) is 11.3 Å². The number of amides is 1. The van der Waals surface area contributed by atoms with Crippen molar-refractivity contribution in [2.45, 2.75) is 32.9 Å². The molecule has 20 heavy (non-hydrogen) atoms. The summed E-state index contributed by atoms with van der Waals surface area (Å²) < 4.78 is 16.3. The van der Waals surface area contributed by atoms with Gasteiger partial charge >= 0.3 is 0 Å². The average molecular weight is 280 g/mol. The second kappa shape index (κ2) is 6.47. The predicted octanol–water partition coefficient (Wildman–Crippen LogP) is 1.17. The van der Waals surface area contributed by atoms with E-state index in [4.69, 9.17) is 19.9 Å². The summed E-state index contributed by atoms with van der Waals surface area (Å²) in [7, 11) is 0. The number of nitrogens with two attached hydrogens (primary N) is 1. The fourth-order valence-corrected chi connectivity index (χ4v) is 1.87. The van der Waals surface area contributed by atoms with Gasteiger partial charge in [-0.15, -0.1) is 0 Å². The normalized spacial score (nSPS) is 13.9. The number of hydrogen-bond acceptors (Lipinski definition) is 5. The maximum atomic E-state index is 11.8. The van der Waals surface area contributed by atoms with Gasteiger partial charge in [-0.05, 0) is 19.4 Å². The summed E-state index contributed by atoms with van der Waals surface area (Å²) in [4.78, 5) is 11.8. The lowest BCUT2D eigenvalue weighted by Crippen LogP contribution is -2.36. The number of nitrogens with one attached hydrogen (secondary N) is 1. The smallest absolute Gasteiger partial charge is 0.260 e. The Hall–Kier alpha value is -1.95. The van der Waals surface area contributed by atoms with Crippen LogP contribution in [0.2, 0.25) is 0 Å². The first-order valence-electron chi connectivity index (χ1n) is 6.72. The van der Waals surface area contributed by atoms with E-state index in [2.05, 4.69) is 5.32 Å². The van der Waals surface area contributed by atoms with Crippen LogP contribution in [0.5, 0.6) is 17.2 Å². The standard InChI is InChI=1S/C14H20N2O4/c1-3-4-16-14(17)9(2)20-11-6-13-12(18-8-19-13)5-10(11)7-15/h5-6,9H,3-4,7-8,15H2,1-2H3,(H,16,17). The van der Waals surface area contributed by atoms with E-state index >= 15 is 0 Å². The van der Waals surface area contributed by atoms with Gasteiger partial charge in [0.2, 0.25) is 6.79 Å². The molecule has 3 N–H and O–H groups in total. The number of rotatable bonds is 6. The average Bonchev–Trinajstić information content (AvgIpc) is 2.90. The van der Waals surface area contributed by atoms with Crippen molar-refractivity contribution in [3.8, 4) is 17.2 Å². The van der Waals surface area contributed by atoms with Crippen LogP contribution in [0.4, 0.5) is 0 Å². The zero-order valence-electron chi connectivity index (χ0n) is 11.8. The molecule has 6 nitrogen and oxygen atoms in total. The van der Waals surface area contributed by atoms with Crippen LogP contribution in [0, 0.1) is 0 Å². The first-order chi connectivity index (χ1) is 9.65. The first-order valence-corrected chi connectivity index (χ1v) is 6.72. The highest BCUT2D eigenvalue weighted by Gasteiger charge is 2.20. The molecule has 6 heteroatoms. The Bertz CT molecular complexity index is 490. The van der Waals surface area contributed by atoms with Crippen LogP contribution in [0.3, 0.4) is 0 Å². The van der Waals surface area contributed by atoms with E-state index in [1.54, 1.807) is 19.1 Å². The van der Waals surface area contributed by atoms with Gasteiger partial charge in [-0.25, -0.2) is 0 Å². The van der Waals surface area contributed by atoms with E-state index in [9.17, 15) is 4.79 Å². The lowest BCUT2D eigenvalue weighted by Gasteiger charge is -2.17.